The van der Waals surface area contributed by atoms with Gasteiger partial charge in [0, 0.05) is 6.54 Å². The second kappa shape index (κ2) is 5.22. The van der Waals surface area contributed by atoms with Gasteiger partial charge in [-0.25, -0.2) is 14.3 Å². The number of nitrogens with zero attached hydrogens (tertiary/aromatic N) is 1. The van der Waals surface area contributed by atoms with Crippen LogP contribution in [0.25, 0.3) is 0 Å². The lowest BCUT2D eigenvalue weighted by Gasteiger charge is -2.25. The van der Waals surface area contributed by atoms with Crippen molar-refractivity contribution in [3.8, 4) is 0 Å². The number of hydrazine groups is 1. The third-order valence-electron chi connectivity index (χ3n) is 2.67. The molecule has 0 bridgehead atoms. The molecule has 6 nitrogen and oxygen atoms in total. The highest BCUT2D eigenvalue weighted by atomic mass is 32.2. The Labute approximate surface area is 103 Å². The maximum Gasteiger partial charge on any atom is 0.206 e. The van der Waals surface area contributed by atoms with Gasteiger partial charge in [-0.1, -0.05) is 13.8 Å². The molecule has 1 fully saturated rings. The van der Waals surface area contributed by atoms with Crippen LogP contribution in [-0.4, -0.2) is 38.0 Å². The van der Waals surface area contributed by atoms with E-state index in [-0.39, 0.29) is 11.5 Å². The molecule has 17 heavy (non-hydrogen) atoms. The van der Waals surface area contributed by atoms with Crippen LogP contribution in [0.1, 0.15) is 27.2 Å². The fourth-order valence-corrected chi connectivity index (χ4v) is 3.88. The molecular weight excluding hydrogens is 240 g/mol. The molecule has 4 N–H and O–H groups in total. The van der Waals surface area contributed by atoms with Crippen molar-refractivity contribution >= 4 is 15.8 Å². The van der Waals surface area contributed by atoms with Gasteiger partial charge in [0.15, 0.2) is 9.84 Å². The molecule has 0 aliphatic carbocycles. The molecule has 0 spiro atoms. The molecule has 0 aromatic carbocycles. The summed E-state index contributed by atoms with van der Waals surface area (Å²) in [6, 6.07) is 0. The Bertz CT molecular complexity index is 391. The Morgan fingerprint density at radius 2 is 2.18 bits per heavy atom. The van der Waals surface area contributed by atoms with Gasteiger partial charge in [-0.05, 0) is 19.3 Å². The first-order valence-electron chi connectivity index (χ1n) is 5.76. The number of nitrogens with two attached hydrogens (primary N) is 1. The van der Waals surface area contributed by atoms with Gasteiger partial charge in [-0.2, -0.15) is 0 Å². The van der Waals surface area contributed by atoms with Crippen molar-refractivity contribution in [2.24, 2.45) is 16.8 Å². The number of nitrogens with one attached hydrogen (secondary N) is 2. The molecule has 0 aromatic rings. The predicted octanol–water partition coefficient (Wildman–Crippen LogP) is -0.371. The molecule has 1 aliphatic heterocycles. The molecule has 0 saturated carbocycles. The first kappa shape index (κ1) is 14.2. The smallest absolute Gasteiger partial charge is 0.206 e. The van der Waals surface area contributed by atoms with Gasteiger partial charge < -0.3 is 5.32 Å². The summed E-state index contributed by atoms with van der Waals surface area (Å²) in [6.45, 7) is 6.63. The van der Waals surface area contributed by atoms with Crippen LogP contribution in [0.15, 0.2) is 4.99 Å². The Morgan fingerprint density at radius 1 is 1.53 bits per heavy atom. The zero-order valence-corrected chi connectivity index (χ0v) is 11.5. The quantitative estimate of drug-likeness (QED) is 0.279. The summed E-state index contributed by atoms with van der Waals surface area (Å²) in [4.78, 5) is 4.27. The molecule has 1 heterocycles. The van der Waals surface area contributed by atoms with E-state index in [9.17, 15) is 8.42 Å². The van der Waals surface area contributed by atoms with E-state index in [0.717, 1.165) is 0 Å². The molecular formula is C10H22N4O2S. The summed E-state index contributed by atoms with van der Waals surface area (Å²) in [5.74, 6) is 6.61. The van der Waals surface area contributed by atoms with Crippen molar-refractivity contribution in [3.05, 3.63) is 0 Å². The van der Waals surface area contributed by atoms with Crippen LogP contribution in [-0.2, 0) is 9.84 Å². The molecule has 1 aliphatic rings. The SMILES string of the molecule is CC(C)CN=C(NN)NC1(C)CCS(=O)(=O)C1. The van der Waals surface area contributed by atoms with E-state index in [1.807, 2.05) is 6.92 Å². The van der Waals surface area contributed by atoms with E-state index in [1.54, 1.807) is 0 Å². The van der Waals surface area contributed by atoms with Crippen LogP contribution in [0.4, 0.5) is 0 Å². The van der Waals surface area contributed by atoms with E-state index < -0.39 is 15.4 Å². The van der Waals surface area contributed by atoms with Gasteiger partial charge in [0.1, 0.15) is 0 Å². The summed E-state index contributed by atoms with van der Waals surface area (Å²) in [5.41, 5.74) is 2.01. The molecule has 100 valence electrons. The molecule has 1 unspecified atom stereocenters. The van der Waals surface area contributed by atoms with Crippen molar-refractivity contribution in [2.45, 2.75) is 32.7 Å². The first-order chi connectivity index (χ1) is 7.76. The molecule has 1 atom stereocenters. The van der Waals surface area contributed by atoms with Crippen LogP contribution in [0.3, 0.4) is 0 Å². The lowest BCUT2D eigenvalue weighted by Crippen LogP contribution is -2.53. The number of aliphatic imine (C=N–C) groups is 1. The zero-order valence-electron chi connectivity index (χ0n) is 10.7. The average molecular weight is 262 g/mol. The van der Waals surface area contributed by atoms with Crippen LogP contribution < -0.4 is 16.6 Å². The standard InChI is InChI=1S/C10H22N4O2S/c1-8(2)6-12-9(14-11)13-10(3)4-5-17(15,16)7-10/h8H,4-7,11H2,1-3H3,(H2,12,13,14). The summed E-state index contributed by atoms with van der Waals surface area (Å²) < 4.78 is 22.9. The molecule has 1 saturated heterocycles. The average Bonchev–Trinajstić information content (AvgIpc) is 2.48. The maximum absolute atomic E-state index is 11.5. The highest BCUT2D eigenvalue weighted by Crippen LogP contribution is 2.22. The number of sulfone groups is 1. The number of rotatable bonds is 3. The maximum atomic E-state index is 11.5. The van der Waals surface area contributed by atoms with Gasteiger partial charge in [-0.15, -0.1) is 0 Å². The van der Waals surface area contributed by atoms with E-state index in [1.165, 1.54) is 0 Å². The summed E-state index contributed by atoms with van der Waals surface area (Å²) in [5, 5.41) is 3.09. The van der Waals surface area contributed by atoms with Crippen LogP contribution in [0, 0.1) is 5.92 Å². The summed E-state index contributed by atoms with van der Waals surface area (Å²) >= 11 is 0. The predicted molar refractivity (Wildman–Crippen MR) is 69.3 cm³/mol. The normalized spacial score (nSPS) is 28.4. The van der Waals surface area contributed by atoms with Gasteiger partial charge in [-0.3, -0.25) is 10.4 Å². The van der Waals surface area contributed by atoms with Crippen LogP contribution in [0.2, 0.25) is 0 Å². The number of hydrogen-bond donors (Lipinski definition) is 3. The van der Waals surface area contributed by atoms with Gasteiger partial charge in [0.05, 0.1) is 17.0 Å². The van der Waals surface area contributed by atoms with Crippen LogP contribution >= 0.6 is 0 Å². The molecule has 0 amide bonds. The van der Waals surface area contributed by atoms with Crippen LogP contribution in [0.5, 0.6) is 0 Å². The summed E-state index contributed by atoms with van der Waals surface area (Å²) in [7, 11) is -2.93. The van der Waals surface area contributed by atoms with Crippen molar-refractivity contribution in [1.82, 2.24) is 10.7 Å². The highest BCUT2D eigenvalue weighted by Gasteiger charge is 2.38. The van der Waals surface area contributed by atoms with E-state index in [2.05, 4.69) is 29.6 Å². The minimum atomic E-state index is -2.93. The third kappa shape index (κ3) is 4.51. The molecule has 1 rings (SSSR count). The fourth-order valence-electron chi connectivity index (χ4n) is 1.79. The van der Waals surface area contributed by atoms with Crippen molar-refractivity contribution in [1.29, 1.82) is 0 Å². The van der Waals surface area contributed by atoms with Crippen molar-refractivity contribution in [3.63, 3.8) is 0 Å². The highest BCUT2D eigenvalue weighted by molar-refractivity contribution is 7.91. The second-order valence-electron chi connectivity index (χ2n) is 5.26. The molecule has 0 aromatic heterocycles. The largest absolute Gasteiger partial charge is 0.349 e. The van der Waals surface area contributed by atoms with Gasteiger partial charge in [0.25, 0.3) is 0 Å². The van der Waals surface area contributed by atoms with Gasteiger partial charge >= 0.3 is 0 Å². The Hall–Kier alpha value is -0.820. The van der Waals surface area contributed by atoms with Gasteiger partial charge in [0.2, 0.25) is 5.96 Å². The minimum absolute atomic E-state index is 0.127. The lowest BCUT2D eigenvalue weighted by atomic mass is 10.0. The lowest BCUT2D eigenvalue weighted by molar-refractivity contribution is 0.463. The van der Waals surface area contributed by atoms with E-state index in [4.69, 9.17) is 5.84 Å². The summed E-state index contributed by atoms with van der Waals surface area (Å²) in [6.07, 6.45) is 0.581. The third-order valence-corrected chi connectivity index (χ3v) is 4.58. The number of guanidine groups is 1. The second-order valence-corrected chi connectivity index (χ2v) is 7.44. The number of hydrogen-bond acceptors (Lipinski definition) is 4. The van der Waals surface area contributed by atoms with E-state index in [0.29, 0.717) is 24.8 Å². The molecule has 0 radical (unpaired) electrons. The Kier molecular flexibility index (Phi) is 4.37. The minimum Gasteiger partial charge on any atom is -0.349 e. The fraction of sp³-hybridized carbons (Fsp3) is 0.900. The van der Waals surface area contributed by atoms with Crippen molar-refractivity contribution < 1.29 is 8.42 Å². The zero-order chi connectivity index (χ0) is 13.1. The van der Waals surface area contributed by atoms with Crippen molar-refractivity contribution in [2.75, 3.05) is 18.1 Å². The first-order valence-corrected chi connectivity index (χ1v) is 7.58. The Balaban J connectivity index is 2.66. The topological polar surface area (TPSA) is 96.6 Å². The Morgan fingerprint density at radius 3 is 2.59 bits per heavy atom. The molecule has 7 heteroatoms. The van der Waals surface area contributed by atoms with E-state index >= 15 is 0 Å². The monoisotopic (exact) mass is 262 g/mol.